The summed E-state index contributed by atoms with van der Waals surface area (Å²) < 4.78 is 6.91. The average molecular weight is 340 g/mol. The van der Waals surface area contributed by atoms with E-state index in [0.717, 1.165) is 0 Å². The Kier molecular flexibility index (Phi) is 3.84. The van der Waals surface area contributed by atoms with Crippen molar-refractivity contribution in [3.63, 3.8) is 0 Å². The molecule has 0 atom stereocenters. The Labute approximate surface area is 142 Å². The third-order valence-corrected chi connectivity index (χ3v) is 4.07. The first kappa shape index (κ1) is 16.4. The number of methoxy groups -OCH3 is 1. The van der Waals surface area contributed by atoms with Crippen LogP contribution in [-0.4, -0.2) is 33.5 Å². The highest BCUT2D eigenvalue weighted by molar-refractivity contribution is 6.11. The number of pyridine rings is 1. The highest BCUT2D eigenvalue weighted by atomic mass is 16.5. The summed E-state index contributed by atoms with van der Waals surface area (Å²) in [5, 5.41) is 19.0. The van der Waals surface area contributed by atoms with Crippen molar-refractivity contribution in [2.45, 2.75) is 6.92 Å². The molecular weight excluding hydrogens is 324 g/mol. The molecule has 0 aliphatic carbocycles. The van der Waals surface area contributed by atoms with Crippen LogP contribution in [0.2, 0.25) is 0 Å². The fraction of sp³-hybridized carbons (Fsp3) is 0.111. The van der Waals surface area contributed by atoms with Crippen LogP contribution in [0.3, 0.4) is 0 Å². The van der Waals surface area contributed by atoms with Crippen molar-refractivity contribution in [2.75, 3.05) is 12.8 Å². The number of hydrogen-bond donors (Lipinski definition) is 3. The molecule has 0 saturated heterocycles. The summed E-state index contributed by atoms with van der Waals surface area (Å²) in [5.41, 5.74) is 7.26. The first-order valence-corrected chi connectivity index (χ1v) is 7.40. The molecule has 128 valence electrons. The topological polar surface area (TPSA) is 114 Å². The van der Waals surface area contributed by atoms with Gasteiger partial charge in [-0.05, 0) is 37.3 Å². The van der Waals surface area contributed by atoms with E-state index >= 15 is 0 Å². The second kappa shape index (κ2) is 5.86. The van der Waals surface area contributed by atoms with Gasteiger partial charge in [-0.1, -0.05) is 0 Å². The number of ketones is 1. The second-order valence-electron chi connectivity index (χ2n) is 5.59. The molecule has 0 aliphatic heterocycles. The van der Waals surface area contributed by atoms with Gasteiger partial charge in [0.25, 0.3) is 0 Å². The van der Waals surface area contributed by atoms with Gasteiger partial charge in [0.1, 0.15) is 17.2 Å². The van der Waals surface area contributed by atoms with Crippen LogP contribution in [0.5, 0.6) is 11.5 Å². The molecule has 0 fully saturated rings. The number of hydrogen-bond acceptors (Lipinski definition) is 5. The van der Waals surface area contributed by atoms with Crippen molar-refractivity contribution in [1.29, 1.82) is 0 Å². The predicted octanol–water partition coefficient (Wildman–Crippen LogP) is 2.47. The third kappa shape index (κ3) is 2.55. The van der Waals surface area contributed by atoms with Crippen LogP contribution in [0, 0.1) is 6.92 Å². The van der Waals surface area contributed by atoms with Crippen LogP contribution in [0.25, 0.3) is 5.52 Å². The van der Waals surface area contributed by atoms with E-state index in [1.165, 1.54) is 42.0 Å². The van der Waals surface area contributed by atoms with Gasteiger partial charge in [-0.25, -0.2) is 4.79 Å². The summed E-state index contributed by atoms with van der Waals surface area (Å²) >= 11 is 0. The Hall–Kier alpha value is -3.48. The summed E-state index contributed by atoms with van der Waals surface area (Å²) in [6.45, 7) is 1.73. The SMILES string of the molecule is COc1c(C)c(C(=O)c2ccc(N)c(C(=O)O)c2)n2cc(O)ccc12. The van der Waals surface area contributed by atoms with E-state index in [-0.39, 0.29) is 28.3 Å². The summed E-state index contributed by atoms with van der Waals surface area (Å²) in [6, 6.07) is 7.24. The van der Waals surface area contributed by atoms with E-state index in [4.69, 9.17) is 10.5 Å². The third-order valence-electron chi connectivity index (χ3n) is 4.07. The van der Waals surface area contributed by atoms with Gasteiger partial charge in [-0.2, -0.15) is 0 Å². The van der Waals surface area contributed by atoms with E-state index in [2.05, 4.69) is 0 Å². The van der Waals surface area contributed by atoms with Crippen LogP contribution in [0.1, 0.15) is 32.0 Å². The number of anilines is 1. The molecule has 3 rings (SSSR count). The zero-order chi connectivity index (χ0) is 18.3. The van der Waals surface area contributed by atoms with Gasteiger partial charge < -0.3 is 25.1 Å². The number of nitrogen functional groups attached to an aromatic ring is 1. The van der Waals surface area contributed by atoms with Crippen LogP contribution in [0.15, 0.2) is 36.5 Å². The van der Waals surface area contributed by atoms with E-state index in [9.17, 15) is 19.8 Å². The normalized spacial score (nSPS) is 10.8. The maximum absolute atomic E-state index is 13.0. The Balaban J connectivity index is 2.24. The molecule has 0 radical (unpaired) electrons. The maximum Gasteiger partial charge on any atom is 0.337 e. The number of rotatable bonds is 4. The lowest BCUT2D eigenvalue weighted by Gasteiger charge is -2.07. The van der Waals surface area contributed by atoms with Crippen LogP contribution < -0.4 is 10.5 Å². The number of carbonyl (C=O) groups excluding carboxylic acids is 1. The maximum atomic E-state index is 13.0. The number of aromatic hydroxyl groups is 1. The predicted molar refractivity (Wildman–Crippen MR) is 91.6 cm³/mol. The van der Waals surface area contributed by atoms with E-state index in [1.807, 2.05) is 0 Å². The van der Waals surface area contributed by atoms with E-state index in [0.29, 0.717) is 16.8 Å². The number of aromatic nitrogens is 1. The number of benzene rings is 1. The molecule has 3 aromatic rings. The van der Waals surface area contributed by atoms with E-state index in [1.54, 1.807) is 13.0 Å². The zero-order valence-electron chi connectivity index (χ0n) is 13.6. The number of nitrogens with zero attached hydrogens (tertiary/aromatic N) is 1. The molecule has 0 unspecified atom stereocenters. The van der Waals surface area contributed by atoms with Crippen LogP contribution >= 0.6 is 0 Å². The van der Waals surface area contributed by atoms with Crippen LogP contribution in [-0.2, 0) is 0 Å². The molecule has 2 aromatic heterocycles. The smallest absolute Gasteiger partial charge is 0.337 e. The van der Waals surface area contributed by atoms with Gasteiger partial charge in [-0.3, -0.25) is 4.79 Å². The van der Waals surface area contributed by atoms with Crippen LogP contribution in [0.4, 0.5) is 5.69 Å². The number of aromatic carboxylic acids is 1. The quantitative estimate of drug-likeness (QED) is 0.496. The largest absolute Gasteiger partial charge is 0.506 e. The fourth-order valence-corrected chi connectivity index (χ4v) is 2.90. The van der Waals surface area contributed by atoms with E-state index < -0.39 is 11.8 Å². The molecule has 0 amide bonds. The van der Waals surface area contributed by atoms with Gasteiger partial charge in [0.2, 0.25) is 5.78 Å². The standard InChI is InChI=1S/C18H16N2O5/c1-9-15(20-8-11(21)4-6-14(20)17(9)25-2)16(22)10-3-5-13(19)12(7-10)18(23)24/h3-8,21H,19H2,1-2H3,(H,23,24). The monoisotopic (exact) mass is 340 g/mol. The molecule has 7 heteroatoms. The lowest BCUT2D eigenvalue weighted by atomic mass is 10.0. The Bertz CT molecular complexity index is 1020. The molecular formula is C18H16N2O5. The van der Waals surface area contributed by atoms with Gasteiger partial charge >= 0.3 is 5.97 Å². The summed E-state index contributed by atoms with van der Waals surface area (Å²) in [6.07, 6.45) is 1.41. The number of carbonyl (C=O) groups is 2. The second-order valence-corrected chi connectivity index (χ2v) is 5.59. The number of carboxylic acid groups (broad SMARTS) is 1. The van der Waals surface area contributed by atoms with Crippen molar-refractivity contribution < 1.29 is 24.5 Å². The lowest BCUT2D eigenvalue weighted by molar-refractivity contribution is 0.0698. The molecule has 0 saturated carbocycles. The summed E-state index contributed by atoms with van der Waals surface area (Å²) in [5.74, 6) is -1.11. The van der Waals surface area contributed by atoms with Crippen molar-refractivity contribution >= 4 is 23.0 Å². The molecule has 7 nitrogen and oxygen atoms in total. The highest BCUT2D eigenvalue weighted by Crippen LogP contribution is 2.33. The number of fused-ring (bicyclic) bond motifs is 1. The number of ether oxygens (including phenoxy) is 1. The Morgan fingerprint density at radius 1 is 1.20 bits per heavy atom. The Morgan fingerprint density at radius 3 is 2.56 bits per heavy atom. The minimum absolute atomic E-state index is 0.0114. The number of nitrogens with two attached hydrogens (primary N) is 1. The van der Waals surface area contributed by atoms with Gasteiger partial charge in [0.05, 0.1) is 24.4 Å². The molecule has 25 heavy (non-hydrogen) atoms. The average Bonchev–Trinajstić information content (AvgIpc) is 2.84. The van der Waals surface area contributed by atoms with Gasteiger partial charge in [0, 0.05) is 16.8 Å². The first-order valence-electron chi connectivity index (χ1n) is 7.40. The van der Waals surface area contributed by atoms with Crippen molar-refractivity contribution in [2.24, 2.45) is 0 Å². The van der Waals surface area contributed by atoms with Crippen molar-refractivity contribution in [3.8, 4) is 11.5 Å². The zero-order valence-corrected chi connectivity index (χ0v) is 13.6. The summed E-state index contributed by atoms with van der Waals surface area (Å²) in [4.78, 5) is 24.3. The van der Waals surface area contributed by atoms with Gasteiger partial charge in [0.15, 0.2) is 0 Å². The fourth-order valence-electron chi connectivity index (χ4n) is 2.90. The molecule has 0 aliphatic rings. The molecule has 1 aromatic carbocycles. The highest BCUT2D eigenvalue weighted by Gasteiger charge is 2.23. The minimum atomic E-state index is -1.21. The first-order chi connectivity index (χ1) is 11.8. The van der Waals surface area contributed by atoms with Crippen molar-refractivity contribution in [3.05, 3.63) is 58.9 Å². The molecule has 2 heterocycles. The summed E-state index contributed by atoms with van der Waals surface area (Å²) in [7, 11) is 1.50. The number of carboxylic acids is 1. The lowest BCUT2D eigenvalue weighted by Crippen LogP contribution is -2.10. The van der Waals surface area contributed by atoms with Gasteiger partial charge in [-0.15, -0.1) is 0 Å². The Morgan fingerprint density at radius 2 is 1.92 bits per heavy atom. The van der Waals surface area contributed by atoms with Crippen molar-refractivity contribution in [1.82, 2.24) is 4.40 Å². The minimum Gasteiger partial charge on any atom is -0.506 e. The molecule has 0 spiro atoms. The molecule has 0 bridgehead atoms. The molecule has 4 N–H and O–H groups in total.